The van der Waals surface area contributed by atoms with Gasteiger partial charge in [-0.15, -0.1) is 0 Å². The quantitative estimate of drug-likeness (QED) is 0.368. The van der Waals surface area contributed by atoms with Crippen LogP contribution in [0.4, 0.5) is 0 Å². The fourth-order valence-electron chi connectivity index (χ4n) is 2.76. The number of aromatic hydroxyl groups is 1. The molecule has 0 aliphatic heterocycles. The van der Waals surface area contributed by atoms with E-state index < -0.39 is 7.12 Å². The summed E-state index contributed by atoms with van der Waals surface area (Å²) >= 11 is 0. The van der Waals surface area contributed by atoms with Crippen LogP contribution in [0, 0.1) is 0 Å². The van der Waals surface area contributed by atoms with Crippen LogP contribution >= 0.6 is 0 Å². The monoisotopic (exact) mass is 322 g/mol. The summed E-state index contributed by atoms with van der Waals surface area (Å²) in [6.07, 6.45) is 4.01. The van der Waals surface area contributed by atoms with Gasteiger partial charge in [0.2, 0.25) is 0 Å². The molecule has 0 amide bonds. The highest BCUT2D eigenvalue weighted by Gasteiger charge is 2.11. The van der Waals surface area contributed by atoms with Crippen LogP contribution in [0.25, 0.3) is 0 Å². The predicted octanol–water partition coefficient (Wildman–Crippen LogP) is 1.79. The van der Waals surface area contributed by atoms with Gasteiger partial charge in [0.15, 0.2) is 0 Å². The van der Waals surface area contributed by atoms with Crippen molar-refractivity contribution in [1.82, 2.24) is 4.90 Å². The third kappa shape index (κ3) is 8.96. The molecule has 6 heteroatoms. The number of hydrogen-bond donors (Lipinski definition) is 4. The van der Waals surface area contributed by atoms with Crippen LogP contribution in [0.3, 0.4) is 0 Å². The fourth-order valence-corrected chi connectivity index (χ4v) is 2.76. The number of phenolic OH excluding ortho intramolecular Hbond substituents is 1. The van der Waals surface area contributed by atoms with Crippen molar-refractivity contribution >= 4 is 7.12 Å². The summed E-state index contributed by atoms with van der Waals surface area (Å²) < 4.78 is 0. The Bertz CT molecular complexity index is 446. The zero-order chi connectivity index (χ0) is 17.2. The Morgan fingerprint density at radius 1 is 1.22 bits per heavy atom. The van der Waals surface area contributed by atoms with Crippen molar-refractivity contribution in [1.29, 1.82) is 0 Å². The normalized spacial score (nSPS) is 14.0. The summed E-state index contributed by atoms with van der Waals surface area (Å²) in [6, 6.07) is 7.58. The number of benzene rings is 1. The van der Waals surface area contributed by atoms with Gasteiger partial charge in [0.1, 0.15) is 5.75 Å². The minimum atomic E-state index is -1.20. The Morgan fingerprint density at radius 3 is 2.61 bits per heavy atom. The van der Waals surface area contributed by atoms with Crippen LogP contribution in [0.2, 0.25) is 6.32 Å². The molecule has 0 radical (unpaired) electrons. The number of hydrogen-bond acceptors (Lipinski definition) is 5. The summed E-state index contributed by atoms with van der Waals surface area (Å²) in [7, 11) is 0.894. The lowest BCUT2D eigenvalue weighted by Crippen LogP contribution is -2.30. The first-order valence-corrected chi connectivity index (χ1v) is 8.47. The molecule has 0 unspecified atom stereocenters. The van der Waals surface area contributed by atoms with E-state index in [0.717, 1.165) is 44.3 Å². The fraction of sp³-hybridized carbons (Fsp3) is 0.647. The van der Waals surface area contributed by atoms with Gasteiger partial charge in [0.25, 0.3) is 0 Å². The number of unbranched alkanes of at least 4 members (excludes halogenated alkanes) is 1. The van der Waals surface area contributed by atoms with Gasteiger partial charge in [-0.25, -0.2) is 0 Å². The summed E-state index contributed by atoms with van der Waals surface area (Å²) in [6.45, 7) is 4.02. The zero-order valence-electron chi connectivity index (χ0n) is 14.4. The molecule has 0 bridgehead atoms. The van der Waals surface area contributed by atoms with E-state index >= 15 is 0 Å². The third-order valence-corrected chi connectivity index (χ3v) is 4.19. The highest BCUT2D eigenvalue weighted by molar-refractivity contribution is 6.40. The average molecular weight is 322 g/mol. The van der Waals surface area contributed by atoms with Crippen molar-refractivity contribution < 1.29 is 15.2 Å². The Morgan fingerprint density at radius 2 is 1.96 bits per heavy atom. The van der Waals surface area contributed by atoms with Gasteiger partial charge < -0.3 is 25.8 Å². The molecule has 5 nitrogen and oxygen atoms in total. The molecule has 130 valence electrons. The second-order valence-corrected chi connectivity index (χ2v) is 6.57. The van der Waals surface area contributed by atoms with Crippen molar-refractivity contribution in [3.63, 3.8) is 0 Å². The van der Waals surface area contributed by atoms with Gasteiger partial charge in [0, 0.05) is 12.6 Å². The first kappa shape index (κ1) is 20.0. The van der Waals surface area contributed by atoms with E-state index in [-0.39, 0.29) is 6.04 Å². The number of rotatable bonds is 11. The lowest BCUT2D eigenvalue weighted by Gasteiger charge is -2.23. The van der Waals surface area contributed by atoms with Crippen LogP contribution in [0.5, 0.6) is 5.75 Å². The SMILES string of the molecule is C[C@H](CN(C)CC[C@H](N)CCCCB(O)O)c1cccc(O)c1. The highest BCUT2D eigenvalue weighted by atomic mass is 16.4. The molecule has 0 saturated heterocycles. The second-order valence-electron chi connectivity index (χ2n) is 6.57. The van der Waals surface area contributed by atoms with Crippen LogP contribution in [0.1, 0.15) is 44.1 Å². The highest BCUT2D eigenvalue weighted by Crippen LogP contribution is 2.20. The zero-order valence-corrected chi connectivity index (χ0v) is 14.4. The van der Waals surface area contributed by atoms with Gasteiger partial charge in [0.05, 0.1) is 0 Å². The predicted molar refractivity (Wildman–Crippen MR) is 95.5 cm³/mol. The lowest BCUT2D eigenvalue weighted by atomic mass is 9.83. The molecule has 0 spiro atoms. The van der Waals surface area contributed by atoms with Crippen LogP contribution in [0.15, 0.2) is 24.3 Å². The smallest absolute Gasteiger partial charge is 0.451 e. The van der Waals surface area contributed by atoms with Crippen LogP contribution in [-0.2, 0) is 0 Å². The average Bonchev–Trinajstić information content (AvgIpc) is 2.49. The van der Waals surface area contributed by atoms with E-state index in [2.05, 4.69) is 18.9 Å². The topological polar surface area (TPSA) is 90.0 Å². The van der Waals surface area contributed by atoms with Gasteiger partial charge in [-0.2, -0.15) is 0 Å². The van der Waals surface area contributed by atoms with Crippen molar-refractivity contribution in [3.05, 3.63) is 29.8 Å². The molecular formula is C17H31BN2O3. The molecule has 1 aromatic carbocycles. The number of likely N-dealkylation sites (N-methyl/N-ethyl adjacent to an activating group) is 1. The molecule has 2 atom stereocenters. The Balaban J connectivity index is 2.21. The van der Waals surface area contributed by atoms with Gasteiger partial charge in [-0.05, 0) is 56.4 Å². The number of nitrogens with two attached hydrogens (primary N) is 1. The Kier molecular flexibility index (Phi) is 9.25. The largest absolute Gasteiger partial charge is 0.508 e. The lowest BCUT2D eigenvalue weighted by molar-refractivity contribution is 0.299. The number of phenols is 1. The van der Waals surface area contributed by atoms with Crippen molar-refractivity contribution in [2.75, 3.05) is 20.1 Å². The molecule has 0 aromatic heterocycles. The first-order chi connectivity index (χ1) is 10.9. The Labute approximate surface area is 140 Å². The third-order valence-electron chi connectivity index (χ3n) is 4.19. The minimum Gasteiger partial charge on any atom is -0.508 e. The van der Waals surface area contributed by atoms with Crippen molar-refractivity contribution in [3.8, 4) is 5.75 Å². The van der Waals surface area contributed by atoms with E-state index in [9.17, 15) is 5.11 Å². The van der Waals surface area contributed by atoms with Crippen molar-refractivity contribution in [2.24, 2.45) is 5.73 Å². The van der Waals surface area contributed by atoms with Gasteiger partial charge in [-0.3, -0.25) is 0 Å². The van der Waals surface area contributed by atoms with E-state index in [4.69, 9.17) is 15.8 Å². The number of nitrogens with zero attached hydrogens (tertiary/aromatic N) is 1. The summed E-state index contributed by atoms with van der Waals surface area (Å²) in [5.74, 6) is 0.668. The van der Waals surface area contributed by atoms with E-state index in [1.54, 1.807) is 6.07 Å². The molecule has 0 aliphatic carbocycles. The second kappa shape index (κ2) is 10.7. The van der Waals surface area contributed by atoms with Crippen molar-refractivity contribution in [2.45, 2.75) is 50.9 Å². The first-order valence-electron chi connectivity index (χ1n) is 8.47. The molecule has 23 heavy (non-hydrogen) atoms. The standard InChI is InChI=1S/C17H31BN2O3/c1-14(15-6-5-8-17(21)12-15)13-20(2)11-9-16(19)7-3-4-10-18(22)23/h5-6,8,12,14,16,21-23H,3-4,7,9-11,13,19H2,1-2H3/t14-,16-/m1/s1. The maximum absolute atomic E-state index is 9.55. The van der Waals surface area contributed by atoms with Crippen LogP contribution < -0.4 is 5.73 Å². The molecule has 5 N–H and O–H groups in total. The van der Waals surface area contributed by atoms with E-state index in [1.807, 2.05) is 18.2 Å². The summed E-state index contributed by atoms with van der Waals surface area (Å²) in [4.78, 5) is 2.27. The van der Waals surface area contributed by atoms with E-state index in [1.165, 1.54) is 0 Å². The minimum absolute atomic E-state index is 0.157. The Hall–Kier alpha value is -1.08. The molecular weight excluding hydrogens is 291 g/mol. The van der Waals surface area contributed by atoms with Gasteiger partial charge in [-0.1, -0.05) is 31.9 Å². The van der Waals surface area contributed by atoms with Crippen LogP contribution in [-0.4, -0.2) is 53.4 Å². The molecule has 0 saturated carbocycles. The molecule has 0 heterocycles. The van der Waals surface area contributed by atoms with Gasteiger partial charge >= 0.3 is 7.12 Å². The summed E-state index contributed by atoms with van der Waals surface area (Å²) in [5, 5.41) is 27.1. The van der Waals surface area contributed by atoms with E-state index in [0.29, 0.717) is 18.0 Å². The molecule has 0 fully saturated rings. The maximum Gasteiger partial charge on any atom is 0.451 e. The molecule has 0 aliphatic rings. The molecule has 1 aromatic rings. The molecule has 1 rings (SSSR count). The summed E-state index contributed by atoms with van der Waals surface area (Å²) in [5.41, 5.74) is 7.26. The maximum atomic E-state index is 9.55.